The second kappa shape index (κ2) is 4.97. The summed E-state index contributed by atoms with van der Waals surface area (Å²) in [4.78, 5) is 10.9. The molecule has 0 saturated carbocycles. The molecule has 0 heterocycles. The van der Waals surface area contributed by atoms with Gasteiger partial charge in [-0.3, -0.25) is 4.79 Å². The van der Waals surface area contributed by atoms with Gasteiger partial charge in [0.05, 0.1) is 6.42 Å². The molecule has 1 atom stereocenters. The highest BCUT2D eigenvalue weighted by Gasteiger charge is 2.17. The zero-order chi connectivity index (χ0) is 12.3. The van der Waals surface area contributed by atoms with Crippen LogP contribution in [0.4, 0.5) is 0 Å². The number of carboxylic acid groups (broad SMARTS) is 1. The molecule has 1 aromatic rings. The van der Waals surface area contributed by atoms with E-state index in [2.05, 4.69) is 0 Å². The van der Waals surface area contributed by atoms with Crippen LogP contribution in [0.2, 0.25) is 0 Å². The van der Waals surface area contributed by atoms with Gasteiger partial charge < -0.3 is 10.8 Å². The fraction of sp³-hybridized carbons (Fsp3) is 0.214. The second-order valence-corrected chi connectivity index (χ2v) is 4.11. The molecular weight excluding hydrogens is 214 g/mol. The van der Waals surface area contributed by atoms with Crippen molar-refractivity contribution in [1.29, 1.82) is 0 Å². The molecule has 0 aromatic heterocycles. The summed E-state index contributed by atoms with van der Waals surface area (Å²) in [5, 5.41) is 8.96. The molecular formula is C14H15NO2. The average molecular weight is 229 g/mol. The van der Waals surface area contributed by atoms with Gasteiger partial charge in [-0.2, -0.15) is 0 Å². The third-order valence-corrected chi connectivity index (χ3v) is 2.92. The van der Waals surface area contributed by atoms with E-state index in [9.17, 15) is 4.79 Å². The van der Waals surface area contributed by atoms with Crippen LogP contribution >= 0.6 is 0 Å². The predicted molar refractivity (Wildman–Crippen MR) is 67.6 cm³/mol. The van der Waals surface area contributed by atoms with Crippen LogP contribution in [0.25, 0.3) is 6.08 Å². The summed E-state index contributed by atoms with van der Waals surface area (Å²) in [5.41, 5.74) is 8.73. The highest BCUT2D eigenvalue weighted by molar-refractivity contribution is 5.70. The van der Waals surface area contributed by atoms with E-state index in [1.54, 1.807) is 0 Å². The maximum atomic E-state index is 10.9. The van der Waals surface area contributed by atoms with E-state index in [1.165, 1.54) is 0 Å². The van der Waals surface area contributed by atoms with E-state index in [0.29, 0.717) is 6.54 Å². The minimum atomic E-state index is -0.792. The molecule has 0 radical (unpaired) electrons. The molecule has 17 heavy (non-hydrogen) atoms. The van der Waals surface area contributed by atoms with Crippen molar-refractivity contribution in [2.24, 2.45) is 5.73 Å². The fourth-order valence-corrected chi connectivity index (χ4v) is 2.09. The van der Waals surface area contributed by atoms with Crippen LogP contribution in [-0.2, 0) is 4.79 Å². The summed E-state index contributed by atoms with van der Waals surface area (Å²) in [6, 6.07) is 7.86. The number of hydrogen-bond acceptors (Lipinski definition) is 2. The normalized spacial score (nSPS) is 18.2. The molecule has 0 fully saturated rings. The van der Waals surface area contributed by atoms with Crippen molar-refractivity contribution in [1.82, 2.24) is 0 Å². The SMILES string of the molecule is NCC1=CC(CC(=O)O)c2ccccc2C=C1. The largest absolute Gasteiger partial charge is 0.481 e. The van der Waals surface area contributed by atoms with E-state index in [-0.39, 0.29) is 12.3 Å². The first kappa shape index (κ1) is 11.6. The smallest absolute Gasteiger partial charge is 0.304 e. The quantitative estimate of drug-likeness (QED) is 0.834. The summed E-state index contributed by atoms with van der Waals surface area (Å²) in [6.45, 7) is 0.431. The molecule has 1 unspecified atom stereocenters. The molecule has 0 aliphatic heterocycles. The fourth-order valence-electron chi connectivity index (χ4n) is 2.09. The molecule has 2 rings (SSSR count). The molecule has 0 spiro atoms. The van der Waals surface area contributed by atoms with Gasteiger partial charge in [-0.1, -0.05) is 42.5 Å². The third kappa shape index (κ3) is 2.63. The zero-order valence-electron chi connectivity index (χ0n) is 9.47. The zero-order valence-corrected chi connectivity index (χ0v) is 9.47. The first-order chi connectivity index (χ1) is 8.20. The second-order valence-electron chi connectivity index (χ2n) is 4.11. The van der Waals surface area contributed by atoms with Crippen LogP contribution in [0.1, 0.15) is 23.5 Å². The number of nitrogens with two attached hydrogens (primary N) is 1. The van der Waals surface area contributed by atoms with Gasteiger partial charge >= 0.3 is 5.97 Å². The van der Waals surface area contributed by atoms with Crippen molar-refractivity contribution in [3.8, 4) is 0 Å². The van der Waals surface area contributed by atoms with Crippen LogP contribution in [0.3, 0.4) is 0 Å². The summed E-state index contributed by atoms with van der Waals surface area (Å²) >= 11 is 0. The van der Waals surface area contributed by atoms with Crippen molar-refractivity contribution in [3.05, 3.63) is 53.1 Å². The van der Waals surface area contributed by atoms with Gasteiger partial charge in [0.25, 0.3) is 0 Å². The highest BCUT2D eigenvalue weighted by Crippen LogP contribution is 2.29. The number of allylic oxidation sites excluding steroid dienone is 1. The molecule has 88 valence electrons. The van der Waals surface area contributed by atoms with Gasteiger partial charge in [-0.05, 0) is 16.7 Å². The van der Waals surface area contributed by atoms with E-state index in [4.69, 9.17) is 10.8 Å². The van der Waals surface area contributed by atoms with Crippen molar-refractivity contribution in [2.45, 2.75) is 12.3 Å². The van der Waals surface area contributed by atoms with Gasteiger partial charge in [0.2, 0.25) is 0 Å². The third-order valence-electron chi connectivity index (χ3n) is 2.92. The average Bonchev–Trinajstić information content (AvgIpc) is 2.49. The number of hydrogen-bond donors (Lipinski definition) is 2. The number of fused-ring (bicyclic) bond motifs is 1. The Labute approximate surface area is 100 Å². The van der Waals surface area contributed by atoms with Gasteiger partial charge in [0, 0.05) is 12.5 Å². The summed E-state index contributed by atoms with van der Waals surface area (Å²) < 4.78 is 0. The topological polar surface area (TPSA) is 63.3 Å². The highest BCUT2D eigenvalue weighted by atomic mass is 16.4. The summed E-state index contributed by atoms with van der Waals surface area (Å²) in [7, 11) is 0. The molecule has 1 aliphatic carbocycles. The standard InChI is InChI=1S/C14H15NO2/c15-9-10-5-6-11-3-1-2-4-13(11)12(7-10)8-14(16)17/h1-7,12H,8-9,15H2,(H,16,17). The van der Waals surface area contributed by atoms with E-state index in [0.717, 1.165) is 16.7 Å². The van der Waals surface area contributed by atoms with Crippen LogP contribution in [-0.4, -0.2) is 17.6 Å². The molecule has 3 heteroatoms. The van der Waals surface area contributed by atoms with Gasteiger partial charge in [0.15, 0.2) is 0 Å². The number of benzene rings is 1. The maximum Gasteiger partial charge on any atom is 0.304 e. The molecule has 1 aromatic carbocycles. The van der Waals surface area contributed by atoms with Gasteiger partial charge in [0.1, 0.15) is 0 Å². The minimum Gasteiger partial charge on any atom is -0.481 e. The lowest BCUT2D eigenvalue weighted by molar-refractivity contribution is -0.137. The number of rotatable bonds is 3. The van der Waals surface area contributed by atoms with Crippen LogP contribution in [0, 0.1) is 0 Å². The molecule has 0 saturated heterocycles. The Morgan fingerprint density at radius 3 is 2.76 bits per heavy atom. The summed E-state index contributed by atoms with van der Waals surface area (Å²) in [6.07, 6.45) is 6.01. The molecule has 3 nitrogen and oxygen atoms in total. The lowest BCUT2D eigenvalue weighted by Crippen LogP contribution is -2.07. The minimum absolute atomic E-state index is 0.0994. The number of aliphatic carboxylic acids is 1. The Balaban J connectivity index is 2.44. The Morgan fingerprint density at radius 2 is 2.06 bits per heavy atom. The Morgan fingerprint density at radius 1 is 1.29 bits per heavy atom. The molecule has 1 aliphatic rings. The van der Waals surface area contributed by atoms with E-state index in [1.807, 2.05) is 42.5 Å². The maximum absolute atomic E-state index is 10.9. The van der Waals surface area contributed by atoms with Crippen molar-refractivity contribution in [3.63, 3.8) is 0 Å². The lowest BCUT2D eigenvalue weighted by Gasteiger charge is -2.13. The van der Waals surface area contributed by atoms with Crippen molar-refractivity contribution < 1.29 is 9.90 Å². The first-order valence-electron chi connectivity index (χ1n) is 5.60. The Bertz CT molecular complexity index is 489. The Hall–Kier alpha value is -1.87. The number of carboxylic acids is 1. The first-order valence-corrected chi connectivity index (χ1v) is 5.60. The predicted octanol–water partition coefficient (Wildman–Crippen LogP) is 2.16. The van der Waals surface area contributed by atoms with Crippen LogP contribution < -0.4 is 5.73 Å². The van der Waals surface area contributed by atoms with E-state index < -0.39 is 5.97 Å². The van der Waals surface area contributed by atoms with Crippen molar-refractivity contribution in [2.75, 3.05) is 6.54 Å². The summed E-state index contributed by atoms with van der Waals surface area (Å²) in [5.74, 6) is -0.892. The van der Waals surface area contributed by atoms with Gasteiger partial charge in [-0.15, -0.1) is 0 Å². The molecule has 3 N–H and O–H groups in total. The van der Waals surface area contributed by atoms with Crippen LogP contribution in [0.15, 0.2) is 42.0 Å². The van der Waals surface area contributed by atoms with Crippen LogP contribution in [0.5, 0.6) is 0 Å². The lowest BCUT2D eigenvalue weighted by atomic mass is 9.91. The molecule has 0 amide bonds. The molecule has 0 bridgehead atoms. The van der Waals surface area contributed by atoms with E-state index >= 15 is 0 Å². The number of carbonyl (C=O) groups is 1. The van der Waals surface area contributed by atoms with Crippen molar-refractivity contribution >= 4 is 12.0 Å². The van der Waals surface area contributed by atoms with Gasteiger partial charge in [-0.25, -0.2) is 0 Å². The monoisotopic (exact) mass is 229 g/mol. The Kier molecular flexibility index (Phi) is 3.40.